The van der Waals surface area contributed by atoms with E-state index in [1.807, 2.05) is 31.2 Å². The Bertz CT molecular complexity index is 1140. The normalized spacial score (nSPS) is 21.8. The van der Waals surface area contributed by atoms with Crippen LogP contribution in [0.1, 0.15) is 57.6 Å². The number of hydrogen-bond donors (Lipinski definition) is 1. The van der Waals surface area contributed by atoms with Crippen molar-refractivity contribution in [2.24, 2.45) is 16.3 Å². The summed E-state index contributed by atoms with van der Waals surface area (Å²) < 4.78 is 5.41. The van der Waals surface area contributed by atoms with Crippen LogP contribution in [0.4, 0.5) is 5.69 Å². The van der Waals surface area contributed by atoms with Gasteiger partial charge in [0.05, 0.1) is 18.7 Å². The Labute approximate surface area is 196 Å². The smallest absolute Gasteiger partial charge is 0.254 e. The van der Waals surface area contributed by atoms with Crippen molar-refractivity contribution in [1.82, 2.24) is 0 Å². The van der Waals surface area contributed by atoms with Crippen molar-refractivity contribution in [3.63, 3.8) is 0 Å². The van der Waals surface area contributed by atoms with Crippen molar-refractivity contribution in [2.45, 2.75) is 52.9 Å². The Balaban J connectivity index is 1.81. The van der Waals surface area contributed by atoms with Crippen molar-refractivity contribution in [2.75, 3.05) is 12.4 Å². The minimum atomic E-state index is -0.410. The van der Waals surface area contributed by atoms with E-state index in [1.54, 1.807) is 7.11 Å². The number of nitrogens with one attached hydrogen (secondary N) is 1. The summed E-state index contributed by atoms with van der Waals surface area (Å²) in [6, 6.07) is 15.6. The number of aliphatic imine (C=N–C) groups is 1. The van der Waals surface area contributed by atoms with Crippen molar-refractivity contribution in [1.29, 1.82) is 0 Å². The van der Waals surface area contributed by atoms with Crippen LogP contribution in [0.15, 0.2) is 64.8 Å². The minimum Gasteiger partial charge on any atom is -0.495 e. The van der Waals surface area contributed by atoms with Crippen molar-refractivity contribution in [3.8, 4) is 5.75 Å². The molecule has 2 aromatic carbocycles. The summed E-state index contributed by atoms with van der Waals surface area (Å²) in [5.74, 6) is -0.274. The molecule has 0 spiro atoms. The van der Waals surface area contributed by atoms with Gasteiger partial charge in [-0.3, -0.25) is 14.6 Å². The van der Waals surface area contributed by atoms with Gasteiger partial charge in [0.1, 0.15) is 11.5 Å². The second kappa shape index (κ2) is 8.97. The van der Waals surface area contributed by atoms with Gasteiger partial charge >= 0.3 is 0 Å². The molecule has 1 aliphatic heterocycles. The predicted octanol–water partition coefficient (Wildman–Crippen LogP) is 5.71. The third kappa shape index (κ3) is 4.50. The molecule has 2 atom stereocenters. The minimum absolute atomic E-state index is 0.125. The lowest BCUT2D eigenvalue weighted by Gasteiger charge is -2.41. The highest BCUT2D eigenvalue weighted by Gasteiger charge is 2.47. The first-order valence-electron chi connectivity index (χ1n) is 11.6. The molecule has 0 radical (unpaired) electrons. The molecule has 1 saturated carbocycles. The number of benzene rings is 2. The zero-order valence-corrected chi connectivity index (χ0v) is 20.1. The lowest BCUT2D eigenvalue weighted by atomic mass is 9.63. The Hall–Kier alpha value is -3.21. The first-order chi connectivity index (χ1) is 15.7. The van der Waals surface area contributed by atoms with E-state index in [9.17, 15) is 9.59 Å². The summed E-state index contributed by atoms with van der Waals surface area (Å²) in [6.45, 7) is 8.21. The van der Waals surface area contributed by atoms with E-state index < -0.39 is 5.92 Å². The highest BCUT2D eigenvalue weighted by atomic mass is 16.5. The molecule has 1 amide bonds. The van der Waals surface area contributed by atoms with Crippen LogP contribution in [0.25, 0.3) is 0 Å². The molecule has 1 heterocycles. The molecule has 4 rings (SSSR count). The summed E-state index contributed by atoms with van der Waals surface area (Å²) in [6.07, 6.45) is 2.18. The Morgan fingerprint density at radius 2 is 1.79 bits per heavy atom. The lowest BCUT2D eigenvalue weighted by Crippen LogP contribution is -2.44. The highest BCUT2D eigenvalue weighted by Crippen LogP contribution is 2.47. The second-order valence-corrected chi connectivity index (χ2v) is 9.79. The van der Waals surface area contributed by atoms with Gasteiger partial charge in [0, 0.05) is 29.3 Å². The van der Waals surface area contributed by atoms with Gasteiger partial charge < -0.3 is 10.1 Å². The average molecular weight is 445 g/mol. The Kier molecular flexibility index (Phi) is 6.24. The summed E-state index contributed by atoms with van der Waals surface area (Å²) in [5.41, 5.74) is 4.78. The summed E-state index contributed by atoms with van der Waals surface area (Å²) in [4.78, 5) is 31.9. The highest BCUT2D eigenvalue weighted by molar-refractivity contribution is 6.14. The third-order valence-corrected chi connectivity index (χ3v) is 6.71. The average Bonchev–Trinajstić information content (AvgIpc) is 2.77. The van der Waals surface area contributed by atoms with E-state index >= 15 is 0 Å². The number of ether oxygens (including phenoxy) is 1. The van der Waals surface area contributed by atoms with Gasteiger partial charge in [-0.05, 0) is 48.4 Å². The number of amides is 1. The number of allylic oxidation sites excluding steroid dienone is 1. The molecule has 5 nitrogen and oxygen atoms in total. The molecule has 5 heteroatoms. The van der Waals surface area contributed by atoms with Crippen LogP contribution in [0.3, 0.4) is 0 Å². The number of anilines is 1. The molecule has 2 aromatic rings. The fraction of sp³-hybridized carbons (Fsp3) is 0.393. The first-order valence-corrected chi connectivity index (χ1v) is 11.6. The SMILES string of the molecule is CCc1ccc([C@H]2C(C(=O)Nc3ccccc3OC)=C(C)N=C3CC(C)(C)CC(=O)C32)cc1. The number of ketones is 1. The number of methoxy groups -OCH3 is 1. The van der Waals surface area contributed by atoms with Crippen molar-refractivity contribution < 1.29 is 14.3 Å². The second-order valence-electron chi connectivity index (χ2n) is 9.79. The van der Waals surface area contributed by atoms with Crippen LogP contribution in [0.5, 0.6) is 5.75 Å². The van der Waals surface area contributed by atoms with Gasteiger partial charge in [-0.1, -0.05) is 57.2 Å². The maximum absolute atomic E-state index is 13.7. The zero-order chi connectivity index (χ0) is 23.8. The fourth-order valence-corrected chi connectivity index (χ4v) is 5.15. The monoisotopic (exact) mass is 444 g/mol. The summed E-state index contributed by atoms with van der Waals surface area (Å²) >= 11 is 0. The van der Waals surface area contributed by atoms with Crippen LogP contribution >= 0.6 is 0 Å². The molecule has 2 aliphatic rings. The number of para-hydroxylation sites is 2. The van der Waals surface area contributed by atoms with Crippen molar-refractivity contribution in [3.05, 3.63) is 70.9 Å². The fourth-order valence-electron chi connectivity index (χ4n) is 5.15. The molecule has 0 saturated heterocycles. The van der Waals surface area contributed by atoms with Gasteiger partial charge in [0.25, 0.3) is 5.91 Å². The maximum Gasteiger partial charge on any atom is 0.254 e. The van der Waals surface area contributed by atoms with Crippen LogP contribution in [-0.4, -0.2) is 24.5 Å². The van der Waals surface area contributed by atoms with E-state index in [0.717, 1.165) is 24.1 Å². The number of nitrogens with zero attached hydrogens (tertiary/aromatic N) is 1. The van der Waals surface area contributed by atoms with Gasteiger partial charge in [-0.15, -0.1) is 0 Å². The number of carbonyl (C=O) groups is 2. The molecule has 172 valence electrons. The van der Waals surface area contributed by atoms with Crippen LogP contribution < -0.4 is 10.1 Å². The van der Waals surface area contributed by atoms with Gasteiger partial charge in [0.2, 0.25) is 0 Å². The topological polar surface area (TPSA) is 67.8 Å². The summed E-state index contributed by atoms with van der Waals surface area (Å²) in [5, 5.41) is 3.01. The molecule has 1 unspecified atom stereocenters. The molecular weight excluding hydrogens is 412 g/mol. The Morgan fingerprint density at radius 1 is 1.09 bits per heavy atom. The standard InChI is InChI=1S/C28H32N2O3/c1-6-18-11-13-19(14-12-18)25-24(27(32)30-20-9-7-8-10-23(20)33-5)17(2)29-21-15-28(3,4)16-22(31)26(21)25/h7-14,25-26H,6,15-16H2,1-5H3,(H,30,32)/t25-,26?/m0/s1. The van der Waals surface area contributed by atoms with Crippen LogP contribution in [-0.2, 0) is 16.0 Å². The molecule has 1 fully saturated rings. The van der Waals surface area contributed by atoms with Gasteiger partial charge in [-0.2, -0.15) is 0 Å². The number of rotatable bonds is 5. The van der Waals surface area contributed by atoms with Gasteiger partial charge in [0.15, 0.2) is 0 Å². The predicted molar refractivity (Wildman–Crippen MR) is 132 cm³/mol. The molecular formula is C28H32N2O3. The van der Waals surface area contributed by atoms with Crippen molar-refractivity contribution >= 4 is 23.1 Å². The number of hydrogen-bond acceptors (Lipinski definition) is 4. The number of aryl methyl sites for hydroxylation is 1. The zero-order valence-electron chi connectivity index (χ0n) is 20.1. The van der Waals surface area contributed by atoms with E-state index in [4.69, 9.17) is 9.73 Å². The van der Waals surface area contributed by atoms with E-state index in [0.29, 0.717) is 29.1 Å². The number of carbonyl (C=O) groups excluding carboxylic acids is 2. The Morgan fingerprint density at radius 3 is 2.45 bits per heavy atom. The van der Waals surface area contributed by atoms with Gasteiger partial charge in [-0.25, -0.2) is 0 Å². The summed E-state index contributed by atoms with van der Waals surface area (Å²) in [7, 11) is 1.58. The van der Waals surface area contributed by atoms with Crippen LogP contribution in [0, 0.1) is 11.3 Å². The first kappa shape index (κ1) is 23.0. The molecule has 1 aliphatic carbocycles. The largest absolute Gasteiger partial charge is 0.495 e. The van der Waals surface area contributed by atoms with Crippen LogP contribution in [0.2, 0.25) is 0 Å². The lowest BCUT2D eigenvalue weighted by molar-refractivity contribution is -0.124. The molecule has 33 heavy (non-hydrogen) atoms. The quantitative estimate of drug-likeness (QED) is 0.642. The third-order valence-electron chi connectivity index (χ3n) is 6.71. The van der Waals surface area contributed by atoms with E-state index in [-0.39, 0.29) is 23.0 Å². The number of fused-ring (bicyclic) bond motifs is 1. The molecule has 0 bridgehead atoms. The molecule has 0 aromatic heterocycles. The van der Waals surface area contributed by atoms with E-state index in [1.165, 1.54) is 5.56 Å². The number of Topliss-reactive ketones (excluding diaryl/α,β-unsaturated/α-hetero) is 1. The maximum atomic E-state index is 13.7. The molecule has 1 N–H and O–H groups in total. The van der Waals surface area contributed by atoms with E-state index in [2.05, 4.69) is 50.4 Å².